The monoisotopic (exact) mass is 273 g/mol. The molecule has 0 saturated carbocycles. The number of hydrogen-bond acceptors (Lipinski definition) is 3. The third-order valence-electron chi connectivity index (χ3n) is 3.19. The highest BCUT2D eigenvalue weighted by Crippen LogP contribution is 2.04. The Bertz CT molecular complexity index is 221. The Kier molecular flexibility index (Phi) is 12.0. The van der Waals surface area contributed by atoms with Gasteiger partial charge in [-0.3, -0.25) is 4.79 Å². The SMILES string of the molecule is CCCCOCCCN(CCCC)CC(C)C(=O)O. The first-order valence-electron chi connectivity index (χ1n) is 7.64. The number of hydrogen-bond donors (Lipinski definition) is 1. The summed E-state index contributed by atoms with van der Waals surface area (Å²) < 4.78 is 5.54. The van der Waals surface area contributed by atoms with Crippen molar-refractivity contribution in [3.8, 4) is 0 Å². The van der Waals surface area contributed by atoms with Gasteiger partial charge in [0.25, 0.3) is 0 Å². The molecule has 0 aliphatic heterocycles. The molecule has 0 rings (SSSR count). The lowest BCUT2D eigenvalue weighted by Gasteiger charge is -2.24. The Morgan fingerprint density at radius 3 is 2.26 bits per heavy atom. The van der Waals surface area contributed by atoms with Crippen LogP contribution in [-0.4, -0.2) is 48.8 Å². The molecule has 0 bridgehead atoms. The predicted octanol–water partition coefficient (Wildman–Crippen LogP) is 3.02. The number of aliphatic carboxylic acids is 1. The minimum atomic E-state index is -0.708. The molecule has 114 valence electrons. The molecule has 4 nitrogen and oxygen atoms in total. The Labute approximate surface area is 118 Å². The Hall–Kier alpha value is -0.610. The first-order valence-corrected chi connectivity index (χ1v) is 7.64. The van der Waals surface area contributed by atoms with Crippen molar-refractivity contribution in [1.82, 2.24) is 4.90 Å². The summed E-state index contributed by atoms with van der Waals surface area (Å²) in [4.78, 5) is 13.2. The van der Waals surface area contributed by atoms with Crippen LogP contribution in [0.2, 0.25) is 0 Å². The molecule has 0 aromatic rings. The van der Waals surface area contributed by atoms with Gasteiger partial charge >= 0.3 is 5.97 Å². The van der Waals surface area contributed by atoms with Gasteiger partial charge in [0.05, 0.1) is 5.92 Å². The number of carboxylic acids is 1. The van der Waals surface area contributed by atoms with Crippen molar-refractivity contribution in [2.24, 2.45) is 5.92 Å². The standard InChI is InChI=1S/C15H31NO3/c1-4-6-9-16(13-14(3)15(17)18)10-8-12-19-11-7-5-2/h14H,4-13H2,1-3H3,(H,17,18). The van der Waals surface area contributed by atoms with Crippen LogP contribution in [-0.2, 0) is 9.53 Å². The summed E-state index contributed by atoms with van der Waals surface area (Å²) in [6.45, 7) is 10.3. The van der Waals surface area contributed by atoms with Crippen LogP contribution in [0.4, 0.5) is 0 Å². The van der Waals surface area contributed by atoms with Gasteiger partial charge in [0.15, 0.2) is 0 Å². The van der Waals surface area contributed by atoms with Crippen molar-refractivity contribution in [1.29, 1.82) is 0 Å². The fraction of sp³-hybridized carbons (Fsp3) is 0.933. The molecule has 0 heterocycles. The van der Waals surface area contributed by atoms with Crippen LogP contribution in [0.5, 0.6) is 0 Å². The van der Waals surface area contributed by atoms with Gasteiger partial charge in [-0.2, -0.15) is 0 Å². The maximum absolute atomic E-state index is 10.9. The Balaban J connectivity index is 3.82. The number of nitrogens with zero attached hydrogens (tertiary/aromatic N) is 1. The molecule has 1 unspecified atom stereocenters. The lowest BCUT2D eigenvalue weighted by Crippen LogP contribution is -2.34. The molecular formula is C15H31NO3. The van der Waals surface area contributed by atoms with Crippen LogP contribution in [0.1, 0.15) is 52.9 Å². The van der Waals surface area contributed by atoms with Gasteiger partial charge in [-0.25, -0.2) is 0 Å². The van der Waals surface area contributed by atoms with E-state index in [1.54, 1.807) is 6.92 Å². The maximum Gasteiger partial charge on any atom is 0.307 e. The van der Waals surface area contributed by atoms with Gasteiger partial charge in [-0.05, 0) is 25.8 Å². The minimum Gasteiger partial charge on any atom is -0.481 e. The number of rotatable bonds is 13. The van der Waals surface area contributed by atoms with Crippen molar-refractivity contribution < 1.29 is 14.6 Å². The molecule has 0 spiro atoms. The average Bonchev–Trinajstić information content (AvgIpc) is 2.39. The molecular weight excluding hydrogens is 242 g/mol. The number of unbranched alkanes of at least 4 members (excludes halogenated alkanes) is 2. The van der Waals surface area contributed by atoms with Crippen LogP contribution in [0.25, 0.3) is 0 Å². The third kappa shape index (κ3) is 11.0. The van der Waals surface area contributed by atoms with E-state index < -0.39 is 5.97 Å². The van der Waals surface area contributed by atoms with E-state index in [1.165, 1.54) is 6.42 Å². The van der Waals surface area contributed by atoms with E-state index >= 15 is 0 Å². The number of carbonyl (C=O) groups is 1. The van der Waals surface area contributed by atoms with Crippen molar-refractivity contribution in [2.45, 2.75) is 52.9 Å². The predicted molar refractivity (Wildman–Crippen MR) is 78.5 cm³/mol. The molecule has 0 fully saturated rings. The zero-order valence-electron chi connectivity index (χ0n) is 12.9. The molecule has 0 aliphatic rings. The van der Waals surface area contributed by atoms with Crippen molar-refractivity contribution in [2.75, 3.05) is 32.8 Å². The quantitative estimate of drug-likeness (QED) is 0.524. The summed E-state index contributed by atoms with van der Waals surface area (Å²) >= 11 is 0. The summed E-state index contributed by atoms with van der Waals surface area (Å²) in [6.07, 6.45) is 5.54. The van der Waals surface area contributed by atoms with E-state index in [4.69, 9.17) is 9.84 Å². The van der Waals surface area contributed by atoms with Gasteiger partial charge in [-0.1, -0.05) is 33.6 Å². The van der Waals surface area contributed by atoms with Gasteiger partial charge < -0.3 is 14.7 Å². The first-order chi connectivity index (χ1) is 9.11. The fourth-order valence-electron chi connectivity index (χ4n) is 1.88. The second-order valence-electron chi connectivity index (χ2n) is 5.21. The van der Waals surface area contributed by atoms with Crippen LogP contribution in [0.3, 0.4) is 0 Å². The molecule has 0 saturated heterocycles. The summed E-state index contributed by atoms with van der Waals surface area (Å²) in [6, 6.07) is 0. The van der Waals surface area contributed by atoms with E-state index in [0.717, 1.165) is 52.0 Å². The van der Waals surface area contributed by atoms with Crippen LogP contribution < -0.4 is 0 Å². The smallest absolute Gasteiger partial charge is 0.307 e. The van der Waals surface area contributed by atoms with Gasteiger partial charge in [0.1, 0.15) is 0 Å². The van der Waals surface area contributed by atoms with Crippen LogP contribution in [0.15, 0.2) is 0 Å². The summed E-state index contributed by atoms with van der Waals surface area (Å²) in [5.74, 6) is -1.00. The molecule has 0 aliphatic carbocycles. The average molecular weight is 273 g/mol. The third-order valence-corrected chi connectivity index (χ3v) is 3.19. The van der Waals surface area contributed by atoms with E-state index in [0.29, 0.717) is 6.54 Å². The first kappa shape index (κ1) is 18.4. The molecule has 1 N–H and O–H groups in total. The summed E-state index contributed by atoms with van der Waals surface area (Å²) in [5.41, 5.74) is 0. The van der Waals surface area contributed by atoms with Gasteiger partial charge in [-0.15, -0.1) is 0 Å². The Morgan fingerprint density at radius 1 is 1.11 bits per heavy atom. The maximum atomic E-state index is 10.9. The Morgan fingerprint density at radius 2 is 1.68 bits per heavy atom. The zero-order chi connectivity index (χ0) is 14.5. The lowest BCUT2D eigenvalue weighted by molar-refractivity contribution is -0.141. The molecule has 19 heavy (non-hydrogen) atoms. The van der Waals surface area contributed by atoms with Gasteiger partial charge in [0, 0.05) is 26.3 Å². The fourth-order valence-corrected chi connectivity index (χ4v) is 1.88. The summed E-state index contributed by atoms with van der Waals surface area (Å²) in [5, 5.41) is 8.97. The molecule has 1 atom stereocenters. The summed E-state index contributed by atoms with van der Waals surface area (Å²) in [7, 11) is 0. The molecule has 0 radical (unpaired) electrons. The normalized spacial score (nSPS) is 12.8. The van der Waals surface area contributed by atoms with Crippen LogP contribution in [0, 0.1) is 5.92 Å². The second-order valence-corrected chi connectivity index (χ2v) is 5.21. The molecule has 0 aromatic carbocycles. The van der Waals surface area contributed by atoms with Crippen molar-refractivity contribution in [3.63, 3.8) is 0 Å². The number of carboxylic acid groups (broad SMARTS) is 1. The minimum absolute atomic E-state index is 0.294. The van der Waals surface area contributed by atoms with Crippen molar-refractivity contribution in [3.05, 3.63) is 0 Å². The lowest BCUT2D eigenvalue weighted by atomic mass is 10.1. The largest absolute Gasteiger partial charge is 0.481 e. The molecule has 0 aromatic heterocycles. The van der Waals surface area contributed by atoms with E-state index in [1.807, 2.05) is 0 Å². The second kappa shape index (κ2) is 12.4. The van der Waals surface area contributed by atoms with E-state index in [9.17, 15) is 4.79 Å². The molecule has 0 amide bonds. The van der Waals surface area contributed by atoms with Crippen molar-refractivity contribution >= 4 is 5.97 Å². The van der Waals surface area contributed by atoms with Crippen LogP contribution >= 0.6 is 0 Å². The highest BCUT2D eigenvalue weighted by Gasteiger charge is 2.15. The highest BCUT2D eigenvalue weighted by molar-refractivity contribution is 5.69. The topological polar surface area (TPSA) is 49.8 Å². The van der Waals surface area contributed by atoms with E-state index in [-0.39, 0.29) is 5.92 Å². The highest BCUT2D eigenvalue weighted by atomic mass is 16.5. The van der Waals surface area contributed by atoms with E-state index in [2.05, 4.69) is 18.7 Å². The number of ether oxygens (including phenoxy) is 1. The van der Waals surface area contributed by atoms with Gasteiger partial charge in [0.2, 0.25) is 0 Å². The zero-order valence-corrected chi connectivity index (χ0v) is 12.9. The molecule has 4 heteroatoms.